The molecule has 0 fully saturated rings. The van der Waals surface area contributed by atoms with Crippen molar-refractivity contribution in [3.63, 3.8) is 0 Å². The summed E-state index contributed by atoms with van der Waals surface area (Å²) >= 11 is 0. The second-order valence-corrected chi connectivity index (χ2v) is 7.69. The predicted molar refractivity (Wildman–Crippen MR) is 131 cm³/mol. The number of rotatable bonds is 5. The van der Waals surface area contributed by atoms with Crippen molar-refractivity contribution in [1.82, 2.24) is 9.55 Å². The van der Waals surface area contributed by atoms with Crippen molar-refractivity contribution < 1.29 is 4.79 Å². The fourth-order valence-corrected chi connectivity index (χ4v) is 3.66. The fourth-order valence-electron chi connectivity index (χ4n) is 3.66. The average Bonchev–Trinajstić information content (AvgIpc) is 2.85. The molecular weight excluding hydrogens is 416 g/mol. The summed E-state index contributed by atoms with van der Waals surface area (Å²) in [6.07, 6.45) is 1.46. The second kappa shape index (κ2) is 9.40. The van der Waals surface area contributed by atoms with Crippen LogP contribution in [0.4, 0.5) is 16.2 Å². The van der Waals surface area contributed by atoms with Gasteiger partial charge in [-0.2, -0.15) is 0 Å². The number of anilines is 2. The molecule has 0 spiro atoms. The summed E-state index contributed by atoms with van der Waals surface area (Å²) in [5.41, 5.74) is 3.54. The van der Waals surface area contributed by atoms with E-state index in [2.05, 4.69) is 4.98 Å². The first-order valence-electron chi connectivity index (χ1n) is 10.5. The highest BCUT2D eigenvalue weighted by Crippen LogP contribution is 2.31. The molecule has 2 amide bonds. The summed E-state index contributed by atoms with van der Waals surface area (Å²) in [6, 6.07) is 26.3. The van der Waals surface area contributed by atoms with Gasteiger partial charge >= 0.3 is 11.7 Å². The van der Waals surface area contributed by atoms with E-state index in [0.717, 1.165) is 28.1 Å². The zero-order valence-electron chi connectivity index (χ0n) is 18.4. The van der Waals surface area contributed by atoms with Crippen LogP contribution in [-0.4, -0.2) is 29.7 Å². The Morgan fingerprint density at radius 1 is 0.818 bits per heavy atom. The van der Waals surface area contributed by atoms with Gasteiger partial charge in [-0.25, -0.2) is 9.59 Å². The number of nitrogens with zero attached hydrogens (tertiary/aromatic N) is 3. The van der Waals surface area contributed by atoms with Crippen molar-refractivity contribution in [2.75, 3.05) is 23.9 Å². The van der Waals surface area contributed by atoms with Crippen molar-refractivity contribution in [2.24, 2.45) is 0 Å². The quantitative estimate of drug-likeness (QED) is 0.511. The molecule has 4 aromatic rings. The zero-order chi connectivity index (χ0) is 23.4. The van der Waals surface area contributed by atoms with Crippen LogP contribution in [0.25, 0.3) is 11.1 Å². The van der Waals surface area contributed by atoms with Gasteiger partial charge in [-0.15, -0.1) is 0 Å². The van der Waals surface area contributed by atoms with E-state index in [1.165, 1.54) is 16.8 Å². The normalized spacial score (nSPS) is 10.6. The molecule has 4 rings (SSSR count). The van der Waals surface area contributed by atoms with E-state index in [-0.39, 0.29) is 6.03 Å². The highest BCUT2D eigenvalue weighted by atomic mass is 16.2. The van der Waals surface area contributed by atoms with Crippen LogP contribution in [0, 0.1) is 0 Å². The molecule has 0 aliphatic rings. The summed E-state index contributed by atoms with van der Waals surface area (Å²) in [4.78, 5) is 41.8. The summed E-state index contributed by atoms with van der Waals surface area (Å²) in [5, 5.41) is 0. The van der Waals surface area contributed by atoms with Gasteiger partial charge < -0.3 is 0 Å². The first kappa shape index (κ1) is 21.8. The third kappa shape index (κ3) is 4.77. The number of para-hydroxylation sites is 1. The van der Waals surface area contributed by atoms with Gasteiger partial charge in [0, 0.05) is 37.6 Å². The smallest absolute Gasteiger partial charge is 0.297 e. The molecule has 0 saturated carbocycles. The summed E-state index contributed by atoms with van der Waals surface area (Å²) in [5.74, 6) is 0. The molecule has 166 valence electrons. The van der Waals surface area contributed by atoms with Crippen molar-refractivity contribution in [1.29, 1.82) is 0 Å². The summed E-state index contributed by atoms with van der Waals surface area (Å²) < 4.78 is 1.42. The van der Waals surface area contributed by atoms with Crippen LogP contribution in [0.2, 0.25) is 0 Å². The van der Waals surface area contributed by atoms with Gasteiger partial charge in [-0.1, -0.05) is 60.7 Å². The lowest BCUT2D eigenvalue weighted by Crippen LogP contribution is -2.39. The maximum Gasteiger partial charge on any atom is 0.328 e. The Morgan fingerprint density at radius 2 is 1.48 bits per heavy atom. The molecule has 3 aromatic carbocycles. The molecule has 0 atom stereocenters. The van der Waals surface area contributed by atoms with Crippen molar-refractivity contribution in [2.45, 2.75) is 6.54 Å². The zero-order valence-corrected chi connectivity index (χ0v) is 18.4. The van der Waals surface area contributed by atoms with Gasteiger partial charge in [0.15, 0.2) is 0 Å². The Labute approximate surface area is 191 Å². The number of nitrogens with one attached hydrogen (secondary N) is 1. The largest absolute Gasteiger partial charge is 0.328 e. The number of aromatic amines is 1. The summed E-state index contributed by atoms with van der Waals surface area (Å²) in [6.45, 7) is 0.317. The van der Waals surface area contributed by atoms with E-state index in [1.807, 2.05) is 78.9 Å². The molecular formula is C26H24N4O3. The monoisotopic (exact) mass is 440 g/mol. The number of benzene rings is 3. The topological polar surface area (TPSA) is 78.4 Å². The Hall–Kier alpha value is -4.39. The molecule has 0 aliphatic heterocycles. The van der Waals surface area contributed by atoms with Crippen molar-refractivity contribution >= 4 is 17.4 Å². The minimum atomic E-state index is -0.461. The molecule has 0 radical (unpaired) electrons. The summed E-state index contributed by atoms with van der Waals surface area (Å²) in [7, 11) is 3.49. The molecule has 33 heavy (non-hydrogen) atoms. The van der Waals surface area contributed by atoms with Gasteiger partial charge in [0.1, 0.15) is 0 Å². The van der Waals surface area contributed by atoms with Crippen molar-refractivity contribution in [3.05, 3.63) is 118 Å². The lowest BCUT2D eigenvalue weighted by atomic mass is 10.0. The number of hydrogen-bond donors (Lipinski definition) is 1. The average molecular weight is 441 g/mol. The SMILES string of the molecule is CN(C(=O)N(C)c1ccccc1-c1ccccc1)c1ccc(Cn2ccc(=O)[nH]c2=O)cc1. The van der Waals surface area contributed by atoms with Crippen molar-refractivity contribution in [3.8, 4) is 11.1 Å². The molecule has 0 saturated heterocycles. The Kier molecular flexibility index (Phi) is 6.22. The lowest BCUT2D eigenvalue weighted by molar-refractivity contribution is 0.253. The number of hydrogen-bond acceptors (Lipinski definition) is 3. The van der Waals surface area contributed by atoms with E-state index >= 15 is 0 Å². The van der Waals surface area contributed by atoms with Gasteiger partial charge in [0.05, 0.1) is 12.2 Å². The van der Waals surface area contributed by atoms with Gasteiger partial charge in [0.25, 0.3) is 5.56 Å². The Morgan fingerprint density at radius 3 is 2.18 bits per heavy atom. The third-order valence-electron chi connectivity index (χ3n) is 5.50. The minimum absolute atomic E-state index is 0.178. The van der Waals surface area contributed by atoms with Gasteiger partial charge in [0.2, 0.25) is 0 Å². The first-order chi connectivity index (χ1) is 15.9. The maximum absolute atomic E-state index is 13.3. The molecule has 1 heterocycles. The van der Waals surface area contributed by atoms with E-state index in [0.29, 0.717) is 6.54 Å². The molecule has 1 N–H and O–H groups in total. The number of H-pyrrole nitrogens is 1. The number of carbonyl (C=O) groups is 1. The highest BCUT2D eigenvalue weighted by molar-refractivity contribution is 6.05. The molecule has 7 nitrogen and oxygen atoms in total. The van der Waals surface area contributed by atoms with Gasteiger partial charge in [-0.05, 0) is 29.3 Å². The lowest BCUT2D eigenvalue weighted by Gasteiger charge is -2.27. The van der Waals surface area contributed by atoms with Crippen LogP contribution in [0.15, 0.2) is 101 Å². The highest BCUT2D eigenvalue weighted by Gasteiger charge is 2.20. The molecule has 0 aliphatic carbocycles. The molecule has 0 unspecified atom stereocenters. The van der Waals surface area contributed by atoms with Gasteiger partial charge in [-0.3, -0.25) is 24.1 Å². The van der Waals surface area contributed by atoms with E-state index in [4.69, 9.17) is 0 Å². The fraction of sp³-hybridized carbons (Fsp3) is 0.115. The first-order valence-corrected chi connectivity index (χ1v) is 10.5. The second-order valence-electron chi connectivity index (χ2n) is 7.69. The van der Waals surface area contributed by atoms with Crippen LogP contribution in [0.1, 0.15) is 5.56 Å². The van der Waals surface area contributed by atoms with Crippen LogP contribution in [0.3, 0.4) is 0 Å². The number of carbonyl (C=O) groups excluding carboxylic acids is 1. The van der Waals surface area contributed by atoms with Crippen LogP contribution < -0.4 is 21.0 Å². The standard InChI is InChI=1S/C26H24N4O3/c1-28(21-14-12-19(13-15-21)18-30-17-16-24(31)27-25(30)32)26(33)29(2)23-11-7-6-10-22(23)20-8-4-3-5-9-20/h3-17H,18H2,1-2H3,(H,27,31,32). The molecule has 7 heteroatoms. The Balaban J connectivity index is 1.53. The van der Waals surface area contributed by atoms with Crippen LogP contribution in [0.5, 0.6) is 0 Å². The molecule has 1 aromatic heterocycles. The Bertz CT molecular complexity index is 1380. The predicted octanol–water partition coefficient (Wildman–Crippen LogP) is 3.94. The maximum atomic E-state index is 13.3. The molecule has 0 bridgehead atoms. The van der Waals surface area contributed by atoms with Crippen LogP contribution in [-0.2, 0) is 6.54 Å². The van der Waals surface area contributed by atoms with E-state index in [9.17, 15) is 14.4 Å². The number of aromatic nitrogens is 2. The minimum Gasteiger partial charge on any atom is -0.297 e. The van der Waals surface area contributed by atoms with Crippen LogP contribution >= 0.6 is 0 Å². The third-order valence-corrected chi connectivity index (χ3v) is 5.50. The number of amides is 2. The van der Waals surface area contributed by atoms with E-state index in [1.54, 1.807) is 23.9 Å². The van der Waals surface area contributed by atoms with E-state index < -0.39 is 11.2 Å². The number of urea groups is 1.